The maximum atomic E-state index is 13.0. The first-order valence-electron chi connectivity index (χ1n) is 9.06. The Balaban J connectivity index is 1.83. The van der Waals surface area contributed by atoms with Gasteiger partial charge in [0.15, 0.2) is 0 Å². The monoisotopic (exact) mass is 489 g/mol. The van der Waals surface area contributed by atoms with Crippen LogP contribution >= 0.6 is 11.8 Å². The number of benzene rings is 1. The van der Waals surface area contributed by atoms with Gasteiger partial charge < -0.3 is 4.90 Å². The fourth-order valence-corrected chi connectivity index (χ4v) is 4.09. The molecule has 32 heavy (non-hydrogen) atoms. The van der Waals surface area contributed by atoms with Crippen LogP contribution in [0.1, 0.15) is 12.5 Å². The van der Waals surface area contributed by atoms with E-state index in [0.29, 0.717) is 5.56 Å². The normalized spacial score (nSPS) is 17.2. The lowest BCUT2D eigenvalue weighted by molar-refractivity contribution is -0.119. The third kappa shape index (κ3) is 5.31. The zero-order valence-electron chi connectivity index (χ0n) is 16.8. The number of carbonyl (C=O) groups excluding carboxylic acids is 2. The van der Waals surface area contributed by atoms with Crippen LogP contribution in [0.2, 0.25) is 0 Å². The van der Waals surface area contributed by atoms with E-state index in [2.05, 4.69) is 14.4 Å². The zero-order chi connectivity index (χ0) is 23.7. The minimum Gasteiger partial charge on any atom is -0.308 e. The van der Waals surface area contributed by atoms with E-state index in [1.807, 2.05) is 0 Å². The third-order valence-corrected chi connectivity index (χ3v) is 6.34. The van der Waals surface area contributed by atoms with E-state index in [-0.39, 0.29) is 34.6 Å². The number of urea groups is 1. The van der Waals surface area contributed by atoms with E-state index in [4.69, 9.17) is 0 Å². The number of nitrogens with zero attached hydrogens (tertiary/aromatic N) is 3. The maximum Gasteiger partial charge on any atom is 0.446 e. The first-order chi connectivity index (χ1) is 14.9. The summed E-state index contributed by atoms with van der Waals surface area (Å²) in [6.45, 7) is 1.40. The van der Waals surface area contributed by atoms with Gasteiger partial charge in [0.25, 0.3) is 16.1 Å². The molecule has 1 fully saturated rings. The lowest BCUT2D eigenvalue weighted by Gasteiger charge is -2.21. The minimum absolute atomic E-state index is 0.0801. The molecular formula is C18H18F3N5O4S2. The number of alkyl halides is 3. The number of thioether (sulfide) groups is 1. The van der Waals surface area contributed by atoms with E-state index >= 15 is 0 Å². The fourth-order valence-electron chi connectivity index (χ4n) is 2.98. The summed E-state index contributed by atoms with van der Waals surface area (Å²) >= 11 is -0.302. The average Bonchev–Trinajstić information content (AvgIpc) is 2.92. The lowest BCUT2D eigenvalue weighted by Crippen LogP contribution is -2.34. The Morgan fingerprint density at radius 3 is 2.41 bits per heavy atom. The first kappa shape index (κ1) is 23.8. The first-order valence-corrected chi connectivity index (χ1v) is 11.4. The minimum atomic E-state index is -4.46. The molecule has 2 heterocycles. The molecule has 0 aliphatic carbocycles. The predicted molar refractivity (Wildman–Crippen MR) is 112 cm³/mol. The van der Waals surface area contributed by atoms with E-state index in [1.165, 1.54) is 61.6 Å². The molecule has 1 aliphatic heterocycles. The molecular weight excluding hydrogens is 471 g/mol. The van der Waals surface area contributed by atoms with Crippen molar-refractivity contribution < 1.29 is 31.2 Å². The maximum absolute atomic E-state index is 13.0. The molecule has 0 radical (unpaired) electrons. The van der Waals surface area contributed by atoms with Gasteiger partial charge in [0, 0.05) is 18.1 Å². The molecule has 1 aromatic heterocycles. The number of nitrogens with one attached hydrogen (secondary N) is 2. The van der Waals surface area contributed by atoms with Gasteiger partial charge in [0.1, 0.15) is 6.04 Å². The summed E-state index contributed by atoms with van der Waals surface area (Å²) in [4.78, 5) is 31.6. The van der Waals surface area contributed by atoms with Crippen molar-refractivity contribution in [3.63, 3.8) is 0 Å². The van der Waals surface area contributed by atoms with Crippen LogP contribution in [-0.4, -0.2) is 48.8 Å². The van der Waals surface area contributed by atoms with Gasteiger partial charge in [-0.3, -0.25) is 14.5 Å². The Kier molecular flexibility index (Phi) is 6.67. The fraction of sp³-hybridized carbons (Fsp3) is 0.278. The topological polar surface area (TPSA) is 112 Å². The number of pyridine rings is 1. The molecule has 1 atom stereocenters. The molecule has 1 saturated heterocycles. The molecule has 0 spiro atoms. The summed E-state index contributed by atoms with van der Waals surface area (Å²) in [7, 11) is -2.62. The Morgan fingerprint density at radius 2 is 1.81 bits per heavy atom. The Morgan fingerprint density at radius 1 is 1.16 bits per heavy atom. The van der Waals surface area contributed by atoms with Crippen LogP contribution in [0.4, 0.5) is 29.3 Å². The molecule has 0 saturated carbocycles. The van der Waals surface area contributed by atoms with Gasteiger partial charge in [-0.1, -0.05) is 0 Å². The third-order valence-electron chi connectivity index (χ3n) is 4.58. The van der Waals surface area contributed by atoms with Crippen LogP contribution in [0.5, 0.6) is 0 Å². The molecule has 3 rings (SSSR count). The van der Waals surface area contributed by atoms with Gasteiger partial charge in [-0.2, -0.15) is 21.6 Å². The highest BCUT2D eigenvalue weighted by molar-refractivity contribution is 8.00. The summed E-state index contributed by atoms with van der Waals surface area (Å²) in [5, 5.41) is 0. The van der Waals surface area contributed by atoms with Crippen molar-refractivity contribution in [1.82, 2.24) is 14.6 Å². The predicted octanol–water partition coefficient (Wildman–Crippen LogP) is 2.93. The molecule has 0 bridgehead atoms. The van der Waals surface area contributed by atoms with Gasteiger partial charge in [0.2, 0.25) is 0 Å². The van der Waals surface area contributed by atoms with Crippen molar-refractivity contribution in [1.29, 1.82) is 0 Å². The SMILES string of the molecule is CNS(=O)(=O)Nc1cnccc1CN1C(=O)N(c2ccc(SC(F)(F)F)cc2)C(=O)C1C. The number of anilines is 2. The molecule has 2 N–H and O–H groups in total. The van der Waals surface area contributed by atoms with Crippen molar-refractivity contribution in [2.45, 2.75) is 29.9 Å². The van der Waals surface area contributed by atoms with Gasteiger partial charge in [-0.15, -0.1) is 0 Å². The second kappa shape index (κ2) is 8.96. The number of rotatable bonds is 7. The smallest absolute Gasteiger partial charge is 0.308 e. The molecule has 3 amide bonds. The van der Waals surface area contributed by atoms with Crippen molar-refractivity contribution in [3.8, 4) is 0 Å². The van der Waals surface area contributed by atoms with Crippen molar-refractivity contribution in [2.24, 2.45) is 0 Å². The van der Waals surface area contributed by atoms with Crippen molar-refractivity contribution in [2.75, 3.05) is 16.7 Å². The van der Waals surface area contributed by atoms with E-state index in [0.717, 1.165) is 4.90 Å². The summed E-state index contributed by atoms with van der Waals surface area (Å²) < 4.78 is 65.6. The molecule has 2 aromatic rings. The quantitative estimate of drug-likeness (QED) is 0.457. The highest BCUT2D eigenvalue weighted by atomic mass is 32.2. The van der Waals surface area contributed by atoms with Crippen molar-refractivity contribution >= 4 is 45.3 Å². The van der Waals surface area contributed by atoms with Crippen molar-refractivity contribution in [3.05, 3.63) is 48.3 Å². The average molecular weight is 490 g/mol. The van der Waals surface area contributed by atoms with Gasteiger partial charge >= 0.3 is 11.5 Å². The van der Waals surface area contributed by atoms with Crippen LogP contribution in [0.25, 0.3) is 0 Å². The molecule has 14 heteroatoms. The van der Waals surface area contributed by atoms with E-state index < -0.39 is 33.7 Å². The van der Waals surface area contributed by atoms with Gasteiger partial charge in [-0.25, -0.2) is 14.4 Å². The van der Waals surface area contributed by atoms with Crippen LogP contribution in [0, 0.1) is 0 Å². The van der Waals surface area contributed by atoms with E-state index in [9.17, 15) is 31.2 Å². The molecule has 1 aliphatic rings. The zero-order valence-corrected chi connectivity index (χ0v) is 18.4. The lowest BCUT2D eigenvalue weighted by atomic mass is 10.2. The van der Waals surface area contributed by atoms with E-state index in [1.54, 1.807) is 0 Å². The van der Waals surface area contributed by atoms with Crippen LogP contribution in [0.3, 0.4) is 0 Å². The number of hydrogen-bond donors (Lipinski definition) is 2. The molecule has 1 aromatic carbocycles. The largest absolute Gasteiger partial charge is 0.446 e. The van der Waals surface area contributed by atoms with Gasteiger partial charge in [0.05, 0.1) is 24.1 Å². The van der Waals surface area contributed by atoms with Gasteiger partial charge in [-0.05, 0) is 54.6 Å². The van der Waals surface area contributed by atoms with Crippen LogP contribution in [-0.2, 0) is 21.5 Å². The highest BCUT2D eigenvalue weighted by Crippen LogP contribution is 2.38. The highest BCUT2D eigenvalue weighted by Gasteiger charge is 2.43. The Hall–Kier alpha value is -2.84. The molecule has 1 unspecified atom stereocenters. The second-order valence-corrected chi connectivity index (χ2v) is 9.40. The summed E-state index contributed by atoms with van der Waals surface area (Å²) in [5.74, 6) is -0.558. The Bertz CT molecular complexity index is 1130. The van der Waals surface area contributed by atoms with Crippen LogP contribution in [0.15, 0.2) is 47.6 Å². The summed E-state index contributed by atoms with van der Waals surface area (Å²) in [6, 6.07) is 4.82. The standard InChI is InChI=1S/C18H18F3N5O4S2/c1-11-16(27)26(13-3-5-14(6-4-13)31-18(19,20)21)17(28)25(11)10-12-7-8-23-9-15(12)24-32(29,30)22-2/h3-9,11,22,24H,10H2,1-2H3. The number of amides is 3. The summed E-state index contributed by atoms with van der Waals surface area (Å²) in [6.07, 6.45) is 2.68. The molecule has 172 valence electrons. The number of hydrogen-bond acceptors (Lipinski definition) is 6. The number of aromatic nitrogens is 1. The second-order valence-electron chi connectivity index (χ2n) is 6.64. The number of imide groups is 1. The number of carbonyl (C=O) groups is 2. The molecule has 9 nitrogen and oxygen atoms in total. The summed E-state index contributed by atoms with van der Waals surface area (Å²) in [5.41, 5.74) is -3.80. The number of halogens is 3. The Labute approximate surface area is 186 Å². The van der Waals surface area contributed by atoms with Crippen LogP contribution < -0.4 is 14.3 Å².